The predicted octanol–water partition coefficient (Wildman–Crippen LogP) is 0.189. The molecule has 2 heterocycles. The molecule has 1 N–H and O–H groups in total. The Morgan fingerprint density at radius 3 is 2.93 bits per heavy atom. The summed E-state index contributed by atoms with van der Waals surface area (Å²) in [5, 5.41) is 6.57. The fourth-order valence-corrected chi connectivity index (χ4v) is 1.49. The van der Waals surface area contributed by atoms with Crippen molar-refractivity contribution < 1.29 is 9.53 Å². The highest BCUT2D eigenvalue weighted by molar-refractivity contribution is 5.95. The summed E-state index contributed by atoms with van der Waals surface area (Å²) >= 11 is 0. The van der Waals surface area contributed by atoms with Crippen LogP contribution in [0.3, 0.4) is 0 Å². The van der Waals surface area contributed by atoms with Gasteiger partial charge < -0.3 is 9.64 Å². The summed E-state index contributed by atoms with van der Waals surface area (Å²) < 4.78 is 5.10. The Morgan fingerprint density at radius 1 is 1.71 bits per heavy atom. The molecule has 1 aromatic heterocycles. The van der Waals surface area contributed by atoms with Gasteiger partial charge in [-0.2, -0.15) is 5.10 Å². The number of ether oxygens (including phenoxy) is 1. The average molecular weight is 195 g/mol. The summed E-state index contributed by atoms with van der Waals surface area (Å²) in [4.78, 5) is 13.5. The Balaban J connectivity index is 2.01. The highest BCUT2D eigenvalue weighted by Gasteiger charge is 2.31. The molecule has 0 aromatic carbocycles. The lowest BCUT2D eigenvalue weighted by Crippen LogP contribution is -2.54. The van der Waals surface area contributed by atoms with Gasteiger partial charge >= 0.3 is 0 Å². The van der Waals surface area contributed by atoms with E-state index in [0.29, 0.717) is 18.7 Å². The molecule has 1 fully saturated rings. The molecule has 1 aliphatic heterocycles. The highest BCUT2D eigenvalue weighted by atomic mass is 16.5. The topological polar surface area (TPSA) is 58.2 Å². The van der Waals surface area contributed by atoms with Crippen molar-refractivity contribution in [3.8, 4) is 0 Å². The molecule has 5 heteroatoms. The van der Waals surface area contributed by atoms with Crippen LogP contribution in [0.2, 0.25) is 0 Å². The van der Waals surface area contributed by atoms with Gasteiger partial charge in [0.1, 0.15) is 0 Å². The Morgan fingerprint density at radius 2 is 2.43 bits per heavy atom. The van der Waals surface area contributed by atoms with Crippen molar-refractivity contribution in [3.63, 3.8) is 0 Å². The smallest absolute Gasteiger partial charge is 0.257 e. The molecule has 0 radical (unpaired) electrons. The minimum atomic E-state index is 0.0320. The molecule has 1 saturated heterocycles. The average Bonchev–Trinajstić information content (AvgIpc) is 2.49. The fraction of sp³-hybridized carbons (Fsp3) is 0.556. The number of hydrogen-bond donors (Lipinski definition) is 1. The van der Waals surface area contributed by atoms with Crippen molar-refractivity contribution >= 4 is 5.91 Å². The number of amides is 1. The lowest BCUT2D eigenvalue weighted by molar-refractivity contribution is -0.0192. The van der Waals surface area contributed by atoms with Crippen LogP contribution in [0.25, 0.3) is 0 Å². The molecule has 76 valence electrons. The molecule has 14 heavy (non-hydrogen) atoms. The molecule has 0 bridgehead atoms. The van der Waals surface area contributed by atoms with Crippen LogP contribution in [-0.4, -0.2) is 47.3 Å². The highest BCUT2D eigenvalue weighted by Crippen LogP contribution is 2.16. The fourth-order valence-electron chi connectivity index (χ4n) is 1.49. The molecule has 2 rings (SSSR count). The van der Waals surface area contributed by atoms with E-state index in [2.05, 4.69) is 10.2 Å². The number of carbonyl (C=O) groups excluding carboxylic acids is 1. The second-order valence-corrected chi connectivity index (χ2v) is 3.48. The molecular formula is C9H13N3O2. The van der Waals surface area contributed by atoms with E-state index in [9.17, 15) is 4.79 Å². The van der Waals surface area contributed by atoms with Gasteiger partial charge in [-0.25, -0.2) is 0 Å². The number of methoxy groups -OCH3 is 1. The van der Waals surface area contributed by atoms with Gasteiger partial charge in [-0.3, -0.25) is 9.89 Å². The zero-order valence-corrected chi connectivity index (χ0v) is 8.28. The van der Waals surface area contributed by atoms with Gasteiger partial charge in [0.2, 0.25) is 0 Å². The zero-order chi connectivity index (χ0) is 10.1. The van der Waals surface area contributed by atoms with Crippen molar-refractivity contribution in [1.29, 1.82) is 0 Å². The van der Waals surface area contributed by atoms with Crippen LogP contribution in [-0.2, 0) is 4.74 Å². The van der Waals surface area contributed by atoms with Crippen molar-refractivity contribution in [1.82, 2.24) is 15.1 Å². The van der Waals surface area contributed by atoms with E-state index in [-0.39, 0.29) is 12.0 Å². The first-order valence-corrected chi connectivity index (χ1v) is 4.54. The molecule has 0 unspecified atom stereocenters. The first-order valence-electron chi connectivity index (χ1n) is 4.54. The van der Waals surface area contributed by atoms with E-state index >= 15 is 0 Å². The molecule has 0 spiro atoms. The maximum atomic E-state index is 11.8. The Labute approximate surface area is 82.0 Å². The van der Waals surface area contributed by atoms with Gasteiger partial charge in [0.25, 0.3) is 5.91 Å². The Hall–Kier alpha value is -1.36. The molecule has 1 aliphatic rings. The van der Waals surface area contributed by atoms with Crippen LogP contribution in [0.1, 0.15) is 16.1 Å². The van der Waals surface area contributed by atoms with Gasteiger partial charge in [0, 0.05) is 25.9 Å². The van der Waals surface area contributed by atoms with Crippen LogP contribution in [0, 0.1) is 6.92 Å². The van der Waals surface area contributed by atoms with Crippen molar-refractivity contribution in [2.24, 2.45) is 0 Å². The summed E-state index contributed by atoms with van der Waals surface area (Å²) in [6, 6.07) is 0. The number of carbonyl (C=O) groups is 1. The molecule has 0 saturated carbocycles. The summed E-state index contributed by atoms with van der Waals surface area (Å²) in [7, 11) is 1.66. The number of H-pyrrole nitrogens is 1. The number of aromatic nitrogens is 2. The molecule has 0 aliphatic carbocycles. The SMILES string of the molecule is COC1CN(C(=O)c2cn[nH]c2C)C1. The molecule has 1 aromatic rings. The van der Waals surface area contributed by atoms with Gasteiger partial charge in [0.05, 0.1) is 17.9 Å². The normalized spacial score (nSPS) is 16.9. The van der Waals surface area contributed by atoms with Crippen molar-refractivity contribution in [2.45, 2.75) is 13.0 Å². The molecule has 1 amide bonds. The number of aryl methyl sites for hydroxylation is 1. The maximum absolute atomic E-state index is 11.8. The second kappa shape index (κ2) is 3.42. The summed E-state index contributed by atoms with van der Waals surface area (Å²) in [6.45, 7) is 3.20. The van der Waals surface area contributed by atoms with Crippen molar-refractivity contribution in [3.05, 3.63) is 17.5 Å². The lowest BCUT2D eigenvalue weighted by Gasteiger charge is -2.37. The van der Waals surface area contributed by atoms with Gasteiger partial charge in [-0.15, -0.1) is 0 Å². The van der Waals surface area contributed by atoms with Crippen LogP contribution in [0.4, 0.5) is 0 Å². The predicted molar refractivity (Wildman–Crippen MR) is 50.0 cm³/mol. The van der Waals surface area contributed by atoms with E-state index in [1.165, 1.54) is 0 Å². The number of likely N-dealkylation sites (tertiary alicyclic amines) is 1. The number of nitrogens with one attached hydrogen (secondary N) is 1. The number of aromatic amines is 1. The lowest BCUT2D eigenvalue weighted by atomic mass is 10.1. The first kappa shape index (κ1) is 9.21. The van der Waals surface area contributed by atoms with E-state index in [0.717, 1.165) is 5.69 Å². The second-order valence-electron chi connectivity index (χ2n) is 3.48. The number of hydrogen-bond acceptors (Lipinski definition) is 3. The third-order valence-electron chi connectivity index (χ3n) is 2.53. The van der Waals surface area contributed by atoms with Gasteiger partial charge in [-0.1, -0.05) is 0 Å². The molecule has 0 atom stereocenters. The largest absolute Gasteiger partial charge is 0.378 e. The van der Waals surface area contributed by atoms with Crippen LogP contribution in [0.15, 0.2) is 6.20 Å². The monoisotopic (exact) mass is 195 g/mol. The van der Waals surface area contributed by atoms with Gasteiger partial charge in [0.15, 0.2) is 0 Å². The van der Waals surface area contributed by atoms with E-state index in [1.54, 1.807) is 18.2 Å². The minimum absolute atomic E-state index is 0.0320. The molecular weight excluding hydrogens is 182 g/mol. The minimum Gasteiger partial charge on any atom is -0.378 e. The standard InChI is InChI=1S/C9H13N3O2/c1-6-8(3-10-11-6)9(13)12-4-7(5-12)14-2/h3,7H,4-5H2,1-2H3,(H,10,11). The van der Waals surface area contributed by atoms with E-state index < -0.39 is 0 Å². The number of rotatable bonds is 2. The molecule has 5 nitrogen and oxygen atoms in total. The summed E-state index contributed by atoms with van der Waals surface area (Å²) in [5.74, 6) is 0.0320. The van der Waals surface area contributed by atoms with Gasteiger partial charge in [-0.05, 0) is 6.92 Å². The Kier molecular flexibility index (Phi) is 2.25. The summed E-state index contributed by atoms with van der Waals surface area (Å²) in [6.07, 6.45) is 1.77. The third-order valence-corrected chi connectivity index (χ3v) is 2.53. The third kappa shape index (κ3) is 1.39. The number of nitrogens with zero attached hydrogens (tertiary/aromatic N) is 2. The maximum Gasteiger partial charge on any atom is 0.257 e. The Bertz CT molecular complexity index is 342. The van der Waals surface area contributed by atoms with Crippen LogP contribution >= 0.6 is 0 Å². The first-order chi connectivity index (χ1) is 6.72. The van der Waals surface area contributed by atoms with E-state index in [4.69, 9.17) is 4.74 Å². The van der Waals surface area contributed by atoms with Crippen molar-refractivity contribution in [2.75, 3.05) is 20.2 Å². The summed E-state index contributed by atoms with van der Waals surface area (Å²) in [5.41, 5.74) is 1.47. The van der Waals surface area contributed by atoms with E-state index in [1.807, 2.05) is 6.92 Å². The van der Waals surface area contributed by atoms with Crippen LogP contribution in [0.5, 0.6) is 0 Å². The quantitative estimate of drug-likeness (QED) is 0.732. The van der Waals surface area contributed by atoms with Crippen LogP contribution < -0.4 is 0 Å². The zero-order valence-electron chi connectivity index (χ0n) is 8.28.